The van der Waals surface area contributed by atoms with Crippen LogP contribution < -0.4 is 25.3 Å². The highest BCUT2D eigenvalue weighted by molar-refractivity contribution is 7.17. The fourth-order valence-corrected chi connectivity index (χ4v) is 5.37. The number of unbranched alkanes of at least 4 members (excludes halogenated alkanes) is 1. The molecule has 2 aromatic heterocycles. The zero-order chi connectivity index (χ0) is 29.4. The summed E-state index contributed by atoms with van der Waals surface area (Å²) in [4.78, 5) is 31.7. The number of fused-ring (bicyclic) bond motifs is 1. The molecule has 4 N–H and O–H groups in total. The highest BCUT2D eigenvalue weighted by Gasteiger charge is 2.26. The first-order valence-corrected chi connectivity index (χ1v) is 14.0. The number of rotatable bonds is 14. The molecule has 2 aromatic carbocycles. The van der Waals surface area contributed by atoms with Gasteiger partial charge >= 0.3 is 0 Å². The van der Waals surface area contributed by atoms with Crippen LogP contribution in [0.2, 0.25) is 0 Å². The molecule has 0 bridgehead atoms. The monoisotopic (exact) mass is 581 g/mol. The van der Waals surface area contributed by atoms with Crippen molar-refractivity contribution >= 4 is 33.1 Å². The predicted molar refractivity (Wildman–Crippen MR) is 156 cm³/mol. The number of benzene rings is 2. The summed E-state index contributed by atoms with van der Waals surface area (Å²) in [6.07, 6.45) is 1.65. The average molecular weight is 582 g/mol. The van der Waals surface area contributed by atoms with E-state index in [1.807, 2.05) is 0 Å². The molecular formula is C30H32FN3O6S. The topological polar surface area (TPSA) is 133 Å². The van der Waals surface area contributed by atoms with E-state index in [1.165, 1.54) is 37.7 Å². The van der Waals surface area contributed by atoms with E-state index in [4.69, 9.17) is 25.1 Å². The Morgan fingerprint density at radius 2 is 1.85 bits per heavy atom. The maximum absolute atomic E-state index is 14.4. The Morgan fingerprint density at radius 1 is 1.07 bits per heavy atom. The molecule has 0 fully saturated rings. The molecule has 0 aliphatic heterocycles. The van der Waals surface area contributed by atoms with Gasteiger partial charge in [0.2, 0.25) is 5.78 Å². The van der Waals surface area contributed by atoms with Gasteiger partial charge < -0.3 is 30.4 Å². The van der Waals surface area contributed by atoms with Crippen molar-refractivity contribution in [2.45, 2.75) is 25.3 Å². The van der Waals surface area contributed by atoms with Crippen molar-refractivity contribution in [3.63, 3.8) is 0 Å². The number of ketones is 1. The number of nitrogens with one attached hydrogen (secondary N) is 1. The number of halogens is 1. The lowest BCUT2D eigenvalue weighted by Gasteiger charge is -2.19. The van der Waals surface area contributed by atoms with E-state index in [2.05, 4.69) is 10.3 Å². The summed E-state index contributed by atoms with van der Waals surface area (Å²) >= 11 is 1.25. The van der Waals surface area contributed by atoms with E-state index in [0.717, 1.165) is 0 Å². The van der Waals surface area contributed by atoms with Crippen molar-refractivity contribution in [3.05, 3.63) is 71.0 Å². The van der Waals surface area contributed by atoms with Crippen LogP contribution in [0.15, 0.2) is 53.9 Å². The number of carbonyl (C=O) groups excluding carboxylic acids is 2. The molecule has 41 heavy (non-hydrogen) atoms. The van der Waals surface area contributed by atoms with E-state index in [0.29, 0.717) is 64.4 Å². The minimum Gasteiger partial charge on any atom is -0.494 e. The van der Waals surface area contributed by atoms with Crippen molar-refractivity contribution in [1.82, 2.24) is 10.3 Å². The van der Waals surface area contributed by atoms with Crippen LogP contribution in [0.1, 0.15) is 40.1 Å². The van der Waals surface area contributed by atoms with Crippen LogP contribution in [-0.4, -0.2) is 61.8 Å². The van der Waals surface area contributed by atoms with E-state index in [-0.39, 0.29) is 36.1 Å². The third kappa shape index (κ3) is 6.82. The number of hydrogen-bond acceptors (Lipinski definition) is 9. The molecule has 216 valence electrons. The standard InChI is InChI=1S/C30H32FN3O6S/c1-38-25-12-10-23(33-27(25)20-17-41-29-19(20)6-5-7-21(29)31)28(36)22(8-3-4-13-32)34-30(37)18-9-11-24(40-15-14-35)26(16-18)39-2/h5-7,9-12,16-17,22,35H,3-4,8,13-15,32H2,1-2H3,(H,34,37). The number of aliphatic hydroxyl groups is 1. The molecule has 4 rings (SSSR count). The molecular weight excluding hydrogens is 549 g/mol. The van der Waals surface area contributed by atoms with Gasteiger partial charge in [0.1, 0.15) is 29.6 Å². The van der Waals surface area contributed by atoms with Crippen LogP contribution in [0.5, 0.6) is 17.2 Å². The SMILES string of the molecule is COc1cc(C(=O)NC(CCCCN)C(=O)c2ccc(OC)c(-c3csc4c(F)cccc34)n2)ccc1OCCO. The van der Waals surface area contributed by atoms with E-state index in [1.54, 1.807) is 41.8 Å². The molecule has 11 heteroatoms. The lowest BCUT2D eigenvalue weighted by molar-refractivity contribution is 0.0848. The summed E-state index contributed by atoms with van der Waals surface area (Å²) in [6, 6.07) is 11.8. The molecule has 0 aliphatic rings. The van der Waals surface area contributed by atoms with Gasteiger partial charge in [-0.1, -0.05) is 12.1 Å². The minimum absolute atomic E-state index is 0.0760. The van der Waals surface area contributed by atoms with Crippen LogP contribution in [0.4, 0.5) is 4.39 Å². The number of aromatic nitrogens is 1. The highest BCUT2D eigenvalue weighted by Crippen LogP contribution is 2.38. The number of aliphatic hydroxyl groups excluding tert-OH is 1. The molecule has 1 amide bonds. The first-order valence-electron chi connectivity index (χ1n) is 13.1. The number of amides is 1. The number of nitrogens with two attached hydrogens (primary N) is 1. The minimum atomic E-state index is -0.879. The second-order valence-corrected chi connectivity index (χ2v) is 10.0. The molecule has 2 heterocycles. The fraction of sp³-hybridized carbons (Fsp3) is 0.300. The van der Waals surface area contributed by atoms with Crippen LogP contribution in [0, 0.1) is 5.82 Å². The molecule has 0 aliphatic carbocycles. The van der Waals surface area contributed by atoms with Crippen LogP contribution in [0.25, 0.3) is 21.3 Å². The number of Topliss-reactive ketones (excluding diaryl/α,β-unsaturated/α-hetero) is 1. The third-order valence-corrected chi connectivity index (χ3v) is 7.49. The van der Waals surface area contributed by atoms with Gasteiger partial charge in [0, 0.05) is 21.9 Å². The average Bonchev–Trinajstić information content (AvgIpc) is 3.44. The van der Waals surface area contributed by atoms with Crippen molar-refractivity contribution in [1.29, 1.82) is 0 Å². The number of methoxy groups -OCH3 is 2. The molecule has 0 spiro atoms. The van der Waals surface area contributed by atoms with Crippen molar-refractivity contribution in [2.24, 2.45) is 5.73 Å². The van der Waals surface area contributed by atoms with Gasteiger partial charge in [-0.15, -0.1) is 11.3 Å². The Kier molecular flexibility index (Phi) is 10.2. The largest absolute Gasteiger partial charge is 0.494 e. The quantitative estimate of drug-likeness (QED) is 0.145. The molecule has 0 saturated heterocycles. The van der Waals surface area contributed by atoms with Crippen molar-refractivity contribution < 1.29 is 33.3 Å². The second kappa shape index (κ2) is 14.0. The number of carbonyl (C=O) groups is 2. The maximum atomic E-state index is 14.4. The van der Waals surface area contributed by atoms with Gasteiger partial charge in [0.25, 0.3) is 5.91 Å². The number of nitrogens with zero attached hydrogens (tertiary/aromatic N) is 1. The van der Waals surface area contributed by atoms with E-state index in [9.17, 15) is 14.0 Å². The Bertz CT molecular complexity index is 1530. The Hall–Kier alpha value is -4.06. The lowest BCUT2D eigenvalue weighted by atomic mass is 10.0. The van der Waals surface area contributed by atoms with Gasteiger partial charge in [0.15, 0.2) is 11.5 Å². The normalized spacial score (nSPS) is 11.7. The van der Waals surface area contributed by atoms with Gasteiger partial charge in [0.05, 0.1) is 31.6 Å². The lowest BCUT2D eigenvalue weighted by Crippen LogP contribution is -2.41. The zero-order valence-electron chi connectivity index (χ0n) is 22.8. The first-order chi connectivity index (χ1) is 19.9. The van der Waals surface area contributed by atoms with Crippen LogP contribution in [0.3, 0.4) is 0 Å². The molecule has 0 radical (unpaired) electrons. The summed E-state index contributed by atoms with van der Waals surface area (Å²) in [5.41, 5.74) is 7.14. The third-order valence-electron chi connectivity index (χ3n) is 6.48. The van der Waals surface area contributed by atoms with Gasteiger partial charge in [-0.3, -0.25) is 9.59 Å². The smallest absolute Gasteiger partial charge is 0.252 e. The highest BCUT2D eigenvalue weighted by atomic mass is 32.1. The van der Waals surface area contributed by atoms with E-state index >= 15 is 0 Å². The van der Waals surface area contributed by atoms with Gasteiger partial charge in [-0.25, -0.2) is 9.37 Å². The zero-order valence-corrected chi connectivity index (χ0v) is 23.6. The Labute approximate surface area is 241 Å². The summed E-state index contributed by atoms with van der Waals surface area (Å²) in [6.45, 7) is 0.360. The summed E-state index contributed by atoms with van der Waals surface area (Å²) in [5, 5.41) is 14.3. The number of pyridine rings is 1. The summed E-state index contributed by atoms with van der Waals surface area (Å²) in [7, 11) is 2.95. The van der Waals surface area contributed by atoms with Gasteiger partial charge in [-0.05, 0) is 62.2 Å². The molecule has 0 saturated carbocycles. The van der Waals surface area contributed by atoms with E-state index < -0.39 is 11.9 Å². The second-order valence-electron chi connectivity index (χ2n) is 9.13. The summed E-state index contributed by atoms with van der Waals surface area (Å²) in [5.74, 6) is -0.0550. The first kappa shape index (κ1) is 29.9. The molecule has 9 nitrogen and oxygen atoms in total. The fourth-order valence-electron chi connectivity index (χ4n) is 4.41. The van der Waals surface area contributed by atoms with Crippen molar-refractivity contribution in [2.75, 3.05) is 34.0 Å². The van der Waals surface area contributed by atoms with Crippen LogP contribution >= 0.6 is 11.3 Å². The summed E-state index contributed by atoms with van der Waals surface area (Å²) < 4.78 is 31.1. The van der Waals surface area contributed by atoms with Gasteiger partial charge in [-0.2, -0.15) is 0 Å². The maximum Gasteiger partial charge on any atom is 0.252 e. The predicted octanol–water partition coefficient (Wildman–Crippen LogP) is 4.60. The molecule has 1 atom stereocenters. The van der Waals surface area contributed by atoms with Crippen LogP contribution in [-0.2, 0) is 0 Å². The molecule has 1 unspecified atom stereocenters. The number of thiophene rings is 1. The number of ether oxygens (including phenoxy) is 3. The molecule has 4 aromatic rings. The Balaban J connectivity index is 1.64. The van der Waals surface area contributed by atoms with Crippen molar-refractivity contribution in [3.8, 4) is 28.5 Å². The Morgan fingerprint density at radius 3 is 2.59 bits per heavy atom. The number of hydrogen-bond donors (Lipinski definition) is 3.